The van der Waals surface area contributed by atoms with Crippen molar-refractivity contribution in [2.75, 3.05) is 11.9 Å². The maximum atomic E-state index is 12.7. The summed E-state index contributed by atoms with van der Waals surface area (Å²) in [6, 6.07) is 5.70. The number of benzene rings is 1. The average molecular weight is 280 g/mol. The SMILES string of the molecule is CCC(C)N(CCC(=O)Nc1ccc(F)cc1)C(C)=O. The second-order valence-electron chi connectivity index (χ2n) is 4.77. The zero-order valence-corrected chi connectivity index (χ0v) is 12.1. The third-order valence-electron chi connectivity index (χ3n) is 3.24. The molecule has 0 spiro atoms. The maximum absolute atomic E-state index is 12.7. The van der Waals surface area contributed by atoms with Crippen molar-refractivity contribution in [1.29, 1.82) is 0 Å². The van der Waals surface area contributed by atoms with Crippen molar-refractivity contribution in [3.8, 4) is 0 Å². The fourth-order valence-electron chi connectivity index (χ4n) is 1.89. The number of carbonyl (C=O) groups is 2. The third kappa shape index (κ3) is 4.99. The molecule has 0 bridgehead atoms. The molecule has 0 aliphatic rings. The highest BCUT2D eigenvalue weighted by Gasteiger charge is 2.16. The first-order valence-electron chi connectivity index (χ1n) is 6.76. The predicted octanol–water partition coefficient (Wildman–Crippen LogP) is 2.80. The molecule has 1 unspecified atom stereocenters. The summed E-state index contributed by atoms with van der Waals surface area (Å²) in [5.41, 5.74) is 0.550. The number of hydrogen-bond donors (Lipinski definition) is 1. The fourth-order valence-corrected chi connectivity index (χ4v) is 1.89. The van der Waals surface area contributed by atoms with Crippen LogP contribution in [0.2, 0.25) is 0 Å². The van der Waals surface area contributed by atoms with Crippen LogP contribution < -0.4 is 5.32 Å². The van der Waals surface area contributed by atoms with Crippen LogP contribution in [0.3, 0.4) is 0 Å². The first-order chi connectivity index (χ1) is 9.43. The number of halogens is 1. The van der Waals surface area contributed by atoms with Crippen LogP contribution in [0.15, 0.2) is 24.3 Å². The molecule has 2 amide bonds. The van der Waals surface area contributed by atoms with Gasteiger partial charge < -0.3 is 10.2 Å². The number of nitrogens with one attached hydrogen (secondary N) is 1. The second-order valence-corrected chi connectivity index (χ2v) is 4.77. The molecular weight excluding hydrogens is 259 g/mol. The van der Waals surface area contributed by atoms with Crippen molar-refractivity contribution < 1.29 is 14.0 Å². The molecule has 0 saturated heterocycles. The zero-order valence-electron chi connectivity index (χ0n) is 12.1. The molecule has 0 saturated carbocycles. The minimum absolute atomic E-state index is 0.0334. The van der Waals surface area contributed by atoms with Gasteiger partial charge in [0.25, 0.3) is 0 Å². The van der Waals surface area contributed by atoms with Crippen molar-refractivity contribution in [2.24, 2.45) is 0 Å². The quantitative estimate of drug-likeness (QED) is 0.871. The summed E-state index contributed by atoms with van der Waals surface area (Å²) in [5, 5.41) is 2.68. The molecular formula is C15H21FN2O2. The summed E-state index contributed by atoms with van der Waals surface area (Å²) in [6.07, 6.45) is 1.07. The van der Waals surface area contributed by atoms with Crippen molar-refractivity contribution in [3.05, 3.63) is 30.1 Å². The third-order valence-corrected chi connectivity index (χ3v) is 3.24. The first kappa shape index (κ1) is 16.1. The number of anilines is 1. The molecule has 0 radical (unpaired) electrons. The summed E-state index contributed by atoms with van der Waals surface area (Å²) >= 11 is 0. The molecule has 0 fully saturated rings. The molecule has 0 aromatic heterocycles. The van der Waals surface area contributed by atoms with Gasteiger partial charge in [-0.15, -0.1) is 0 Å². The molecule has 0 aliphatic carbocycles. The van der Waals surface area contributed by atoms with Crippen LogP contribution in [0, 0.1) is 5.82 Å². The minimum Gasteiger partial charge on any atom is -0.340 e. The van der Waals surface area contributed by atoms with Gasteiger partial charge in [0.1, 0.15) is 5.82 Å². The van der Waals surface area contributed by atoms with Crippen LogP contribution in [0.4, 0.5) is 10.1 Å². The summed E-state index contributed by atoms with van der Waals surface area (Å²) in [7, 11) is 0. The normalized spacial score (nSPS) is 11.8. The van der Waals surface area contributed by atoms with Crippen molar-refractivity contribution in [1.82, 2.24) is 4.90 Å². The summed E-state index contributed by atoms with van der Waals surface area (Å²) < 4.78 is 12.7. The van der Waals surface area contributed by atoms with E-state index in [0.29, 0.717) is 12.2 Å². The molecule has 0 aliphatic heterocycles. The Morgan fingerprint density at radius 1 is 1.30 bits per heavy atom. The smallest absolute Gasteiger partial charge is 0.226 e. The van der Waals surface area contributed by atoms with E-state index in [1.165, 1.54) is 31.2 Å². The Morgan fingerprint density at radius 3 is 2.40 bits per heavy atom. The Labute approximate surface area is 119 Å². The van der Waals surface area contributed by atoms with Crippen molar-refractivity contribution in [2.45, 2.75) is 39.7 Å². The second kappa shape index (κ2) is 7.62. The molecule has 1 N–H and O–H groups in total. The molecule has 1 aromatic carbocycles. The number of amides is 2. The molecule has 4 nitrogen and oxygen atoms in total. The Bertz CT molecular complexity index is 459. The van der Waals surface area contributed by atoms with Gasteiger partial charge in [0.2, 0.25) is 11.8 Å². The average Bonchev–Trinajstić information content (AvgIpc) is 2.41. The lowest BCUT2D eigenvalue weighted by Gasteiger charge is -2.27. The first-order valence-corrected chi connectivity index (χ1v) is 6.76. The maximum Gasteiger partial charge on any atom is 0.226 e. The van der Waals surface area contributed by atoms with Crippen LogP contribution >= 0.6 is 0 Å². The molecule has 1 aromatic rings. The minimum atomic E-state index is -0.345. The molecule has 5 heteroatoms. The van der Waals surface area contributed by atoms with Crippen molar-refractivity contribution in [3.63, 3.8) is 0 Å². The van der Waals surface area contributed by atoms with Crippen LogP contribution in [-0.2, 0) is 9.59 Å². The van der Waals surface area contributed by atoms with Crippen LogP contribution in [0.5, 0.6) is 0 Å². The van der Waals surface area contributed by atoms with Crippen molar-refractivity contribution >= 4 is 17.5 Å². The predicted molar refractivity (Wildman–Crippen MR) is 76.8 cm³/mol. The van der Waals surface area contributed by atoms with Crippen LogP contribution in [-0.4, -0.2) is 29.3 Å². The van der Waals surface area contributed by atoms with Crippen LogP contribution in [0.1, 0.15) is 33.6 Å². The Hall–Kier alpha value is -1.91. The fraction of sp³-hybridized carbons (Fsp3) is 0.467. The highest BCUT2D eigenvalue weighted by molar-refractivity contribution is 5.91. The molecule has 1 rings (SSSR count). The van der Waals surface area contributed by atoms with E-state index in [1.807, 2.05) is 13.8 Å². The van der Waals surface area contributed by atoms with Gasteiger partial charge in [-0.25, -0.2) is 4.39 Å². The Kier molecular flexibility index (Phi) is 6.15. The van der Waals surface area contributed by atoms with Gasteiger partial charge in [-0.3, -0.25) is 9.59 Å². The van der Waals surface area contributed by atoms with Gasteiger partial charge in [-0.2, -0.15) is 0 Å². The lowest BCUT2D eigenvalue weighted by atomic mass is 10.2. The highest BCUT2D eigenvalue weighted by Crippen LogP contribution is 2.10. The molecule has 0 heterocycles. The Balaban J connectivity index is 2.49. The standard InChI is InChI=1S/C15H21FN2O2/c1-4-11(2)18(12(3)19)10-9-15(20)17-14-7-5-13(16)6-8-14/h5-8,11H,4,9-10H2,1-3H3,(H,17,20). The Morgan fingerprint density at radius 2 is 1.90 bits per heavy atom. The van der Waals surface area contributed by atoms with Gasteiger partial charge in [0.15, 0.2) is 0 Å². The van der Waals surface area contributed by atoms with E-state index in [2.05, 4.69) is 5.32 Å². The lowest BCUT2D eigenvalue weighted by molar-refractivity contribution is -0.131. The van der Waals surface area contributed by atoms with E-state index < -0.39 is 0 Å². The number of carbonyl (C=O) groups excluding carboxylic acids is 2. The van der Waals surface area contributed by atoms with Gasteiger partial charge in [0, 0.05) is 31.6 Å². The topological polar surface area (TPSA) is 49.4 Å². The molecule has 110 valence electrons. The van der Waals surface area contributed by atoms with Gasteiger partial charge in [-0.05, 0) is 37.6 Å². The number of nitrogens with zero attached hydrogens (tertiary/aromatic N) is 1. The van der Waals surface area contributed by atoms with E-state index in [9.17, 15) is 14.0 Å². The van der Waals surface area contributed by atoms with E-state index in [4.69, 9.17) is 0 Å². The van der Waals surface area contributed by atoms with E-state index >= 15 is 0 Å². The number of rotatable bonds is 6. The van der Waals surface area contributed by atoms with Gasteiger partial charge in [-0.1, -0.05) is 6.92 Å². The monoisotopic (exact) mass is 280 g/mol. The lowest BCUT2D eigenvalue weighted by Crippen LogP contribution is -2.38. The molecule has 20 heavy (non-hydrogen) atoms. The summed E-state index contributed by atoms with van der Waals surface area (Å²) in [5.74, 6) is -0.567. The van der Waals surface area contributed by atoms with Crippen LogP contribution in [0.25, 0.3) is 0 Å². The largest absolute Gasteiger partial charge is 0.340 e. The van der Waals surface area contributed by atoms with E-state index in [1.54, 1.807) is 4.90 Å². The van der Waals surface area contributed by atoms with Gasteiger partial charge >= 0.3 is 0 Å². The highest BCUT2D eigenvalue weighted by atomic mass is 19.1. The number of hydrogen-bond acceptors (Lipinski definition) is 2. The summed E-state index contributed by atoms with van der Waals surface area (Å²) in [6.45, 7) is 5.85. The van der Waals surface area contributed by atoms with E-state index in [0.717, 1.165) is 6.42 Å². The molecule has 1 atom stereocenters. The summed E-state index contributed by atoms with van der Waals surface area (Å²) in [4.78, 5) is 25.0. The van der Waals surface area contributed by atoms with Gasteiger partial charge in [0.05, 0.1) is 0 Å². The van der Waals surface area contributed by atoms with E-state index in [-0.39, 0.29) is 30.1 Å². The zero-order chi connectivity index (χ0) is 15.1.